The summed E-state index contributed by atoms with van der Waals surface area (Å²) in [6.45, 7) is 6.82. The SMILES string of the molecule is CCOC(=O)C(NC(=O)[C@H](CCC(=O)C=N)NC(=O)[C@H](CC(C)C)NC(C)=O)c1ccccc1. The van der Waals surface area contributed by atoms with E-state index in [2.05, 4.69) is 16.0 Å². The van der Waals surface area contributed by atoms with Crippen molar-refractivity contribution in [3.63, 3.8) is 0 Å². The molecule has 0 saturated heterocycles. The van der Waals surface area contributed by atoms with Crippen LogP contribution in [0.5, 0.6) is 0 Å². The van der Waals surface area contributed by atoms with Crippen molar-refractivity contribution >= 4 is 35.7 Å². The van der Waals surface area contributed by atoms with Crippen LogP contribution >= 0.6 is 0 Å². The first-order valence-corrected chi connectivity index (χ1v) is 11.2. The highest BCUT2D eigenvalue weighted by Gasteiger charge is 2.31. The van der Waals surface area contributed by atoms with E-state index in [1.54, 1.807) is 37.3 Å². The van der Waals surface area contributed by atoms with E-state index in [0.29, 0.717) is 18.2 Å². The molecule has 0 spiro atoms. The smallest absolute Gasteiger partial charge is 0.333 e. The average molecular weight is 475 g/mol. The lowest BCUT2D eigenvalue weighted by Crippen LogP contribution is -2.54. The second-order valence-electron chi connectivity index (χ2n) is 8.20. The van der Waals surface area contributed by atoms with Crippen LogP contribution in [-0.2, 0) is 28.7 Å². The quantitative estimate of drug-likeness (QED) is 0.236. The van der Waals surface area contributed by atoms with Crippen molar-refractivity contribution in [1.29, 1.82) is 5.41 Å². The molecule has 0 aromatic heterocycles. The summed E-state index contributed by atoms with van der Waals surface area (Å²) < 4.78 is 5.09. The van der Waals surface area contributed by atoms with Gasteiger partial charge in [-0.2, -0.15) is 0 Å². The normalized spacial score (nSPS) is 13.2. The zero-order valence-corrected chi connectivity index (χ0v) is 20.1. The van der Waals surface area contributed by atoms with Crippen molar-refractivity contribution in [1.82, 2.24) is 16.0 Å². The third-order valence-electron chi connectivity index (χ3n) is 4.82. The zero-order valence-electron chi connectivity index (χ0n) is 20.1. The highest BCUT2D eigenvalue weighted by Crippen LogP contribution is 2.16. The number of carbonyl (C=O) groups is 5. The molecule has 0 aliphatic carbocycles. The van der Waals surface area contributed by atoms with E-state index in [1.165, 1.54) is 6.92 Å². The van der Waals surface area contributed by atoms with E-state index in [0.717, 1.165) is 0 Å². The van der Waals surface area contributed by atoms with Crippen molar-refractivity contribution < 1.29 is 28.7 Å². The van der Waals surface area contributed by atoms with Gasteiger partial charge in [0.2, 0.25) is 17.7 Å². The van der Waals surface area contributed by atoms with E-state index < -0.39 is 47.6 Å². The number of benzene rings is 1. The maximum atomic E-state index is 13.1. The fourth-order valence-electron chi connectivity index (χ4n) is 3.24. The Hall–Kier alpha value is -3.56. The van der Waals surface area contributed by atoms with Gasteiger partial charge in [-0.3, -0.25) is 19.2 Å². The van der Waals surface area contributed by atoms with Crippen LogP contribution in [0.25, 0.3) is 0 Å². The molecule has 1 unspecified atom stereocenters. The average Bonchev–Trinajstić information content (AvgIpc) is 2.79. The molecule has 0 fully saturated rings. The van der Waals surface area contributed by atoms with Crippen molar-refractivity contribution in [3.8, 4) is 0 Å². The van der Waals surface area contributed by atoms with E-state index in [1.807, 2.05) is 13.8 Å². The third-order valence-corrected chi connectivity index (χ3v) is 4.82. The first kappa shape index (κ1) is 28.5. The largest absolute Gasteiger partial charge is 0.464 e. The number of esters is 1. The van der Waals surface area contributed by atoms with E-state index in [4.69, 9.17) is 10.1 Å². The summed E-state index contributed by atoms with van der Waals surface area (Å²) in [5.41, 5.74) is 0.492. The van der Waals surface area contributed by atoms with Gasteiger partial charge in [0.1, 0.15) is 12.1 Å². The second kappa shape index (κ2) is 14.6. The molecular weight excluding hydrogens is 440 g/mol. The Morgan fingerprint density at radius 1 is 0.971 bits per heavy atom. The molecule has 0 aliphatic rings. The molecule has 186 valence electrons. The van der Waals surface area contributed by atoms with Crippen molar-refractivity contribution in [3.05, 3.63) is 35.9 Å². The molecule has 10 heteroatoms. The fraction of sp³-hybridized carbons (Fsp3) is 0.500. The monoisotopic (exact) mass is 474 g/mol. The number of amides is 3. The number of nitrogens with one attached hydrogen (secondary N) is 4. The van der Waals surface area contributed by atoms with Gasteiger partial charge < -0.3 is 26.1 Å². The molecule has 0 aliphatic heterocycles. The maximum absolute atomic E-state index is 13.1. The van der Waals surface area contributed by atoms with Crippen molar-refractivity contribution in [2.75, 3.05) is 6.61 Å². The topological polar surface area (TPSA) is 155 Å². The van der Waals surface area contributed by atoms with Gasteiger partial charge in [0.15, 0.2) is 11.8 Å². The van der Waals surface area contributed by atoms with E-state index in [9.17, 15) is 24.0 Å². The van der Waals surface area contributed by atoms with Crippen LogP contribution in [0.15, 0.2) is 30.3 Å². The van der Waals surface area contributed by atoms with Crippen LogP contribution in [0.2, 0.25) is 0 Å². The molecule has 1 aromatic rings. The lowest BCUT2D eigenvalue weighted by molar-refractivity contribution is -0.148. The van der Waals surface area contributed by atoms with E-state index >= 15 is 0 Å². The van der Waals surface area contributed by atoms with Gasteiger partial charge >= 0.3 is 5.97 Å². The van der Waals surface area contributed by atoms with Gasteiger partial charge in [0.25, 0.3) is 0 Å². The molecular formula is C24H34N4O6. The summed E-state index contributed by atoms with van der Waals surface area (Å²) in [4.78, 5) is 61.8. The molecule has 1 rings (SSSR count). The molecule has 4 N–H and O–H groups in total. The van der Waals surface area contributed by atoms with Crippen molar-refractivity contribution in [2.45, 2.75) is 65.1 Å². The minimum absolute atomic E-state index is 0.0839. The number of ketones is 1. The number of carbonyl (C=O) groups excluding carboxylic acids is 5. The van der Waals surface area contributed by atoms with E-state index in [-0.39, 0.29) is 25.4 Å². The summed E-state index contributed by atoms with van der Waals surface area (Å²) >= 11 is 0. The number of hydrogen-bond donors (Lipinski definition) is 4. The van der Waals surface area contributed by atoms with Crippen molar-refractivity contribution in [2.24, 2.45) is 5.92 Å². The fourth-order valence-corrected chi connectivity index (χ4v) is 3.24. The molecule has 3 amide bonds. The van der Waals surface area contributed by atoms with Crippen LogP contribution in [0, 0.1) is 11.3 Å². The number of hydrogen-bond acceptors (Lipinski definition) is 7. The molecule has 3 atom stereocenters. The summed E-state index contributed by atoms with van der Waals surface area (Å²) in [5, 5.41) is 14.8. The van der Waals surface area contributed by atoms with Gasteiger partial charge in [0.05, 0.1) is 12.8 Å². The molecule has 10 nitrogen and oxygen atoms in total. The lowest BCUT2D eigenvalue weighted by Gasteiger charge is -2.25. The summed E-state index contributed by atoms with van der Waals surface area (Å²) in [7, 11) is 0. The predicted octanol–water partition coefficient (Wildman–Crippen LogP) is 1.44. The van der Waals surface area contributed by atoms with Gasteiger partial charge in [-0.1, -0.05) is 44.2 Å². The molecule has 0 bridgehead atoms. The van der Waals surface area contributed by atoms with Crippen LogP contribution in [0.1, 0.15) is 58.6 Å². The Kier molecular flexibility index (Phi) is 12.2. The standard InChI is InChI=1S/C24H34N4O6/c1-5-34-24(33)21(17-9-7-6-8-10-17)28-22(31)19(12-11-18(30)14-25)27-23(32)20(13-15(2)3)26-16(4)29/h6-10,14-15,19-21,25H,5,11-13H2,1-4H3,(H,26,29)(H,27,32)(H,28,31)/t19-,20-,21?/m0/s1. The Morgan fingerprint density at radius 2 is 1.59 bits per heavy atom. The molecule has 1 aromatic carbocycles. The van der Waals surface area contributed by atoms with Gasteiger partial charge in [-0.25, -0.2) is 4.79 Å². The summed E-state index contributed by atoms with van der Waals surface area (Å²) in [5.74, 6) is -2.78. The minimum Gasteiger partial charge on any atom is -0.464 e. The van der Waals surface area contributed by atoms with Gasteiger partial charge in [0, 0.05) is 13.3 Å². The molecule has 0 heterocycles. The number of ether oxygens (including phenoxy) is 1. The van der Waals surface area contributed by atoms with Crippen LogP contribution < -0.4 is 16.0 Å². The first-order valence-electron chi connectivity index (χ1n) is 11.2. The minimum atomic E-state index is -1.18. The summed E-state index contributed by atoms with van der Waals surface area (Å²) in [6, 6.07) is 5.32. The molecule has 0 radical (unpaired) electrons. The highest BCUT2D eigenvalue weighted by molar-refractivity contribution is 6.26. The Labute approximate surface area is 199 Å². The van der Waals surface area contributed by atoms with Gasteiger partial charge in [-0.05, 0) is 31.2 Å². The van der Waals surface area contributed by atoms with Crippen LogP contribution in [0.3, 0.4) is 0 Å². The predicted molar refractivity (Wildman–Crippen MR) is 126 cm³/mol. The number of Topliss-reactive ketones (excluding diaryl/α,β-unsaturated/α-hetero) is 1. The molecule has 34 heavy (non-hydrogen) atoms. The number of rotatable bonds is 14. The summed E-state index contributed by atoms with van der Waals surface area (Å²) in [6.07, 6.45) is 0.729. The maximum Gasteiger partial charge on any atom is 0.333 e. The zero-order chi connectivity index (χ0) is 25.7. The molecule has 0 saturated carbocycles. The highest BCUT2D eigenvalue weighted by atomic mass is 16.5. The van der Waals surface area contributed by atoms with Gasteiger partial charge in [-0.15, -0.1) is 0 Å². The Morgan fingerprint density at radius 3 is 2.12 bits per heavy atom. The second-order valence-corrected chi connectivity index (χ2v) is 8.20. The Balaban J connectivity index is 3.14. The Bertz CT molecular complexity index is 871. The third kappa shape index (κ3) is 9.93. The lowest BCUT2D eigenvalue weighted by atomic mass is 10.0. The van der Waals surface area contributed by atoms with Crippen LogP contribution in [-0.4, -0.2) is 54.4 Å². The van der Waals surface area contributed by atoms with Crippen LogP contribution in [0.4, 0.5) is 0 Å². The first-order chi connectivity index (χ1) is 16.1.